The highest BCUT2D eigenvalue weighted by atomic mass is 32.2. The molecule has 0 aromatic heterocycles. The Balaban J connectivity index is 2.45. The maximum absolute atomic E-state index is 12.7. The van der Waals surface area contributed by atoms with Crippen molar-refractivity contribution in [3.05, 3.63) is 23.3 Å². The quantitative estimate of drug-likeness (QED) is 0.887. The van der Waals surface area contributed by atoms with Crippen LogP contribution in [-0.4, -0.2) is 42.0 Å². The van der Waals surface area contributed by atoms with E-state index in [9.17, 15) is 18.3 Å². The number of carbonyl (C=O) groups is 1. The number of aromatic carboxylic acids is 1. The number of carboxylic acids is 1. The van der Waals surface area contributed by atoms with E-state index in [1.54, 1.807) is 6.92 Å². The summed E-state index contributed by atoms with van der Waals surface area (Å²) < 4.78 is 26.7. The maximum atomic E-state index is 12.7. The molecule has 1 fully saturated rings. The number of hydrogen-bond acceptors (Lipinski definition) is 4. The first-order valence-corrected chi connectivity index (χ1v) is 8.24. The van der Waals surface area contributed by atoms with Crippen LogP contribution in [0, 0.1) is 12.8 Å². The third-order valence-corrected chi connectivity index (χ3v) is 5.92. The topological polar surface area (TPSA) is 94.9 Å². The largest absolute Gasteiger partial charge is 0.507 e. The molecule has 1 aliphatic heterocycles. The number of sulfonamides is 1. The first kappa shape index (κ1) is 15.8. The molecule has 0 radical (unpaired) electrons. The van der Waals surface area contributed by atoms with Gasteiger partial charge in [0.25, 0.3) is 0 Å². The summed E-state index contributed by atoms with van der Waals surface area (Å²) in [6.07, 6.45) is 1.59. The minimum Gasteiger partial charge on any atom is -0.507 e. The number of nitrogens with zero attached hydrogens (tertiary/aromatic N) is 1. The van der Waals surface area contributed by atoms with Gasteiger partial charge in [0.15, 0.2) is 0 Å². The van der Waals surface area contributed by atoms with Crippen LogP contribution in [0.5, 0.6) is 5.75 Å². The molecule has 0 unspecified atom stereocenters. The molecule has 0 atom stereocenters. The van der Waals surface area contributed by atoms with Gasteiger partial charge in [-0.15, -0.1) is 0 Å². The lowest BCUT2D eigenvalue weighted by molar-refractivity contribution is 0.0693. The van der Waals surface area contributed by atoms with Crippen LogP contribution in [0.1, 0.15) is 35.7 Å². The van der Waals surface area contributed by atoms with E-state index in [0.717, 1.165) is 18.9 Å². The number of benzene rings is 1. The van der Waals surface area contributed by atoms with Gasteiger partial charge < -0.3 is 10.2 Å². The van der Waals surface area contributed by atoms with Crippen molar-refractivity contribution in [1.82, 2.24) is 4.31 Å². The molecule has 1 aromatic rings. The second-order valence-electron chi connectivity index (χ2n) is 5.53. The van der Waals surface area contributed by atoms with Gasteiger partial charge in [-0.3, -0.25) is 0 Å². The third kappa shape index (κ3) is 3.03. The number of phenols is 1. The van der Waals surface area contributed by atoms with E-state index in [4.69, 9.17) is 5.11 Å². The Morgan fingerprint density at radius 1 is 1.29 bits per heavy atom. The Morgan fingerprint density at radius 2 is 1.86 bits per heavy atom. The minimum absolute atomic E-state index is 0.0488. The number of hydrogen-bond donors (Lipinski definition) is 2. The lowest BCUT2D eigenvalue weighted by atomic mass is 10.0. The van der Waals surface area contributed by atoms with Gasteiger partial charge in [-0.05, 0) is 43.4 Å². The van der Waals surface area contributed by atoms with E-state index in [0.29, 0.717) is 24.6 Å². The Hall–Kier alpha value is -1.60. The van der Waals surface area contributed by atoms with Gasteiger partial charge in [0.05, 0.1) is 4.90 Å². The second kappa shape index (κ2) is 5.65. The summed E-state index contributed by atoms with van der Waals surface area (Å²) in [5, 5.41) is 18.6. The van der Waals surface area contributed by atoms with E-state index >= 15 is 0 Å². The first-order chi connectivity index (χ1) is 9.73. The molecule has 1 saturated heterocycles. The molecule has 0 amide bonds. The number of aryl methyl sites for hydroxylation is 1. The summed E-state index contributed by atoms with van der Waals surface area (Å²) in [5.41, 5.74) is -0.0549. The van der Waals surface area contributed by atoms with Gasteiger partial charge in [-0.25, -0.2) is 13.2 Å². The average molecular weight is 313 g/mol. The number of piperidine rings is 1. The normalized spacial score (nSPS) is 17.8. The molecule has 1 heterocycles. The number of aromatic hydroxyl groups is 1. The lowest BCUT2D eigenvalue weighted by Gasteiger charge is -2.30. The Bertz CT molecular complexity index is 660. The maximum Gasteiger partial charge on any atom is 0.339 e. The van der Waals surface area contributed by atoms with Crippen molar-refractivity contribution in [2.75, 3.05) is 13.1 Å². The molecule has 0 saturated carbocycles. The smallest absolute Gasteiger partial charge is 0.339 e. The highest BCUT2D eigenvalue weighted by Gasteiger charge is 2.30. The van der Waals surface area contributed by atoms with E-state index in [1.165, 1.54) is 10.4 Å². The van der Waals surface area contributed by atoms with Crippen molar-refractivity contribution in [2.45, 2.75) is 31.6 Å². The molecule has 0 bridgehead atoms. The highest BCUT2D eigenvalue weighted by molar-refractivity contribution is 7.89. The van der Waals surface area contributed by atoms with E-state index < -0.39 is 27.3 Å². The molecule has 1 aromatic carbocycles. The first-order valence-electron chi connectivity index (χ1n) is 6.80. The molecule has 2 rings (SSSR count). The third-order valence-electron chi connectivity index (χ3n) is 3.88. The molecule has 1 aliphatic rings. The van der Waals surface area contributed by atoms with Gasteiger partial charge in [-0.1, -0.05) is 6.92 Å². The zero-order valence-electron chi connectivity index (χ0n) is 12.0. The molecular formula is C14H19NO5S. The predicted molar refractivity (Wildman–Crippen MR) is 77.0 cm³/mol. The van der Waals surface area contributed by atoms with Crippen LogP contribution < -0.4 is 0 Å². The SMILES string of the molecule is Cc1cc(O)c(C(=O)O)cc1S(=O)(=O)N1CCC(C)CC1. The van der Waals surface area contributed by atoms with Crippen molar-refractivity contribution in [3.8, 4) is 5.75 Å². The van der Waals surface area contributed by atoms with Crippen LogP contribution in [0.3, 0.4) is 0 Å². The fraction of sp³-hybridized carbons (Fsp3) is 0.500. The summed E-state index contributed by atoms with van der Waals surface area (Å²) in [6.45, 7) is 4.50. The zero-order valence-corrected chi connectivity index (χ0v) is 12.9. The molecule has 7 heteroatoms. The molecule has 21 heavy (non-hydrogen) atoms. The average Bonchev–Trinajstić information content (AvgIpc) is 2.38. The van der Waals surface area contributed by atoms with E-state index in [-0.39, 0.29) is 4.90 Å². The van der Waals surface area contributed by atoms with Crippen molar-refractivity contribution < 1.29 is 23.4 Å². The van der Waals surface area contributed by atoms with Crippen LogP contribution in [0.2, 0.25) is 0 Å². The molecule has 0 aliphatic carbocycles. The van der Waals surface area contributed by atoms with Crippen molar-refractivity contribution in [2.24, 2.45) is 5.92 Å². The number of rotatable bonds is 3. The van der Waals surface area contributed by atoms with Crippen molar-refractivity contribution in [1.29, 1.82) is 0 Å². The summed E-state index contributed by atoms with van der Waals surface area (Å²) in [5.74, 6) is -1.28. The second-order valence-corrected chi connectivity index (χ2v) is 7.43. The van der Waals surface area contributed by atoms with Gasteiger partial charge in [0.1, 0.15) is 11.3 Å². The van der Waals surface area contributed by atoms with Crippen LogP contribution >= 0.6 is 0 Å². The standard InChI is InChI=1S/C14H19NO5S/c1-9-3-5-15(6-4-9)21(19,20)13-8-11(14(17)18)12(16)7-10(13)2/h7-9,16H,3-6H2,1-2H3,(H,17,18). The summed E-state index contributed by atoms with van der Waals surface area (Å²) in [7, 11) is -3.73. The molecule has 116 valence electrons. The van der Waals surface area contributed by atoms with Crippen LogP contribution in [0.25, 0.3) is 0 Å². The Morgan fingerprint density at radius 3 is 2.38 bits per heavy atom. The summed E-state index contributed by atoms with van der Waals surface area (Å²) in [4.78, 5) is 11.0. The fourth-order valence-electron chi connectivity index (χ4n) is 2.49. The lowest BCUT2D eigenvalue weighted by Crippen LogP contribution is -2.38. The fourth-order valence-corrected chi connectivity index (χ4v) is 4.19. The van der Waals surface area contributed by atoms with Crippen LogP contribution in [-0.2, 0) is 10.0 Å². The minimum atomic E-state index is -3.73. The van der Waals surface area contributed by atoms with Crippen LogP contribution in [0.15, 0.2) is 17.0 Å². The molecule has 6 nitrogen and oxygen atoms in total. The van der Waals surface area contributed by atoms with Crippen molar-refractivity contribution in [3.63, 3.8) is 0 Å². The predicted octanol–water partition coefficient (Wildman–Crippen LogP) is 1.82. The Kier molecular flexibility index (Phi) is 4.25. The van der Waals surface area contributed by atoms with Gasteiger partial charge >= 0.3 is 5.97 Å². The van der Waals surface area contributed by atoms with Gasteiger partial charge in [0, 0.05) is 13.1 Å². The Labute approximate surface area is 124 Å². The molecule has 2 N–H and O–H groups in total. The summed E-state index contributed by atoms with van der Waals surface area (Å²) in [6, 6.07) is 2.23. The monoisotopic (exact) mass is 313 g/mol. The number of carboxylic acid groups (broad SMARTS) is 1. The molecule has 0 spiro atoms. The molecular weight excluding hydrogens is 294 g/mol. The van der Waals surface area contributed by atoms with Crippen molar-refractivity contribution >= 4 is 16.0 Å². The van der Waals surface area contributed by atoms with Gasteiger partial charge in [0.2, 0.25) is 10.0 Å². The van der Waals surface area contributed by atoms with E-state index in [2.05, 4.69) is 6.92 Å². The van der Waals surface area contributed by atoms with Crippen LogP contribution in [0.4, 0.5) is 0 Å². The summed E-state index contributed by atoms with van der Waals surface area (Å²) >= 11 is 0. The van der Waals surface area contributed by atoms with E-state index in [1.807, 2.05) is 0 Å². The highest BCUT2D eigenvalue weighted by Crippen LogP contribution is 2.29. The zero-order chi connectivity index (χ0) is 15.8. The van der Waals surface area contributed by atoms with Gasteiger partial charge in [-0.2, -0.15) is 4.31 Å².